The number of carbonyl (C=O) groups excluding carboxylic acids is 2. The third-order valence-corrected chi connectivity index (χ3v) is 2.98. The van der Waals surface area contributed by atoms with Crippen LogP contribution in [0.3, 0.4) is 0 Å². The maximum atomic E-state index is 11.5. The highest BCUT2D eigenvalue weighted by Crippen LogP contribution is 2.29. The summed E-state index contributed by atoms with van der Waals surface area (Å²) in [6.45, 7) is 2.59. The molecule has 0 heterocycles. The second kappa shape index (κ2) is 5.73. The van der Waals surface area contributed by atoms with E-state index >= 15 is 0 Å². The lowest BCUT2D eigenvalue weighted by Gasteiger charge is -2.25. The SMILES string of the molecule is CCNC(=O)C1CCC(C(=O)OC)CC1. The molecule has 86 valence electrons. The number of hydrogen-bond acceptors (Lipinski definition) is 3. The number of carbonyl (C=O) groups is 2. The topological polar surface area (TPSA) is 55.4 Å². The first-order valence-electron chi connectivity index (χ1n) is 5.54. The molecule has 0 spiro atoms. The molecule has 0 aromatic heterocycles. The third-order valence-electron chi connectivity index (χ3n) is 2.98. The van der Waals surface area contributed by atoms with Gasteiger partial charge in [0.1, 0.15) is 0 Å². The average Bonchev–Trinajstić information content (AvgIpc) is 2.28. The largest absolute Gasteiger partial charge is 0.469 e. The summed E-state index contributed by atoms with van der Waals surface area (Å²) in [5, 5.41) is 2.82. The fourth-order valence-electron chi connectivity index (χ4n) is 2.08. The van der Waals surface area contributed by atoms with E-state index in [1.165, 1.54) is 7.11 Å². The Morgan fingerprint density at radius 2 is 1.73 bits per heavy atom. The maximum Gasteiger partial charge on any atom is 0.308 e. The number of amides is 1. The van der Waals surface area contributed by atoms with E-state index < -0.39 is 0 Å². The Morgan fingerprint density at radius 3 is 2.20 bits per heavy atom. The number of methoxy groups -OCH3 is 1. The number of ether oxygens (including phenoxy) is 1. The third kappa shape index (κ3) is 3.22. The Kier molecular flexibility index (Phi) is 4.59. The van der Waals surface area contributed by atoms with Gasteiger partial charge in [-0.25, -0.2) is 0 Å². The molecule has 1 rings (SSSR count). The molecule has 15 heavy (non-hydrogen) atoms. The predicted octanol–water partition coefficient (Wildman–Crippen LogP) is 1.10. The molecular weight excluding hydrogens is 194 g/mol. The summed E-state index contributed by atoms with van der Waals surface area (Å²) in [6, 6.07) is 0. The van der Waals surface area contributed by atoms with Crippen LogP contribution in [0.5, 0.6) is 0 Å². The number of rotatable bonds is 3. The van der Waals surface area contributed by atoms with Crippen LogP contribution >= 0.6 is 0 Å². The Bertz CT molecular complexity index is 232. The zero-order chi connectivity index (χ0) is 11.3. The van der Waals surface area contributed by atoms with Crippen LogP contribution in [0.25, 0.3) is 0 Å². The Labute approximate surface area is 90.4 Å². The van der Waals surface area contributed by atoms with E-state index in [9.17, 15) is 9.59 Å². The monoisotopic (exact) mass is 213 g/mol. The second-order valence-corrected chi connectivity index (χ2v) is 3.97. The van der Waals surface area contributed by atoms with Crippen LogP contribution in [0.15, 0.2) is 0 Å². The zero-order valence-corrected chi connectivity index (χ0v) is 9.41. The minimum Gasteiger partial charge on any atom is -0.469 e. The van der Waals surface area contributed by atoms with Crippen molar-refractivity contribution in [1.29, 1.82) is 0 Å². The summed E-state index contributed by atoms with van der Waals surface area (Å²) in [5.41, 5.74) is 0. The summed E-state index contributed by atoms with van der Waals surface area (Å²) >= 11 is 0. The molecule has 0 aromatic rings. The first-order chi connectivity index (χ1) is 7.19. The minimum absolute atomic E-state index is 0.000626. The van der Waals surface area contributed by atoms with Gasteiger partial charge in [0.2, 0.25) is 5.91 Å². The van der Waals surface area contributed by atoms with Gasteiger partial charge in [-0.15, -0.1) is 0 Å². The Morgan fingerprint density at radius 1 is 1.20 bits per heavy atom. The van der Waals surface area contributed by atoms with Crippen molar-refractivity contribution in [2.24, 2.45) is 11.8 Å². The summed E-state index contributed by atoms with van der Waals surface area (Å²) in [6.07, 6.45) is 3.14. The van der Waals surface area contributed by atoms with Gasteiger partial charge in [-0.1, -0.05) is 0 Å². The molecule has 0 radical (unpaired) electrons. The highest BCUT2D eigenvalue weighted by atomic mass is 16.5. The van der Waals surface area contributed by atoms with Gasteiger partial charge in [-0.05, 0) is 32.6 Å². The molecule has 0 unspecified atom stereocenters. The van der Waals surface area contributed by atoms with Crippen LogP contribution in [0.2, 0.25) is 0 Å². The standard InChI is InChI=1S/C11H19NO3/c1-3-12-10(13)8-4-6-9(7-5-8)11(14)15-2/h8-9H,3-7H2,1-2H3,(H,12,13). The zero-order valence-electron chi connectivity index (χ0n) is 9.41. The minimum atomic E-state index is -0.135. The molecular formula is C11H19NO3. The van der Waals surface area contributed by atoms with E-state index in [0.717, 1.165) is 25.7 Å². The van der Waals surface area contributed by atoms with Crippen molar-refractivity contribution in [1.82, 2.24) is 5.32 Å². The lowest BCUT2D eigenvalue weighted by atomic mass is 9.81. The number of nitrogens with one attached hydrogen (secondary N) is 1. The van der Waals surface area contributed by atoms with Crippen LogP contribution < -0.4 is 5.32 Å². The van der Waals surface area contributed by atoms with E-state index in [2.05, 4.69) is 5.32 Å². The highest BCUT2D eigenvalue weighted by Gasteiger charge is 2.29. The first kappa shape index (κ1) is 12.0. The smallest absolute Gasteiger partial charge is 0.308 e. The molecule has 1 aliphatic rings. The van der Waals surface area contributed by atoms with Gasteiger partial charge in [-0.3, -0.25) is 9.59 Å². The summed E-state index contributed by atoms with van der Waals surface area (Å²) in [5.74, 6) is 0.0803. The van der Waals surface area contributed by atoms with Gasteiger partial charge >= 0.3 is 5.97 Å². The molecule has 1 amide bonds. The fraction of sp³-hybridized carbons (Fsp3) is 0.818. The lowest BCUT2D eigenvalue weighted by Crippen LogP contribution is -2.34. The first-order valence-corrected chi connectivity index (χ1v) is 5.54. The molecule has 0 saturated heterocycles. The molecule has 1 saturated carbocycles. The normalized spacial score (nSPS) is 25.7. The molecule has 1 fully saturated rings. The van der Waals surface area contributed by atoms with E-state index in [0.29, 0.717) is 6.54 Å². The van der Waals surface area contributed by atoms with Crippen molar-refractivity contribution < 1.29 is 14.3 Å². The van der Waals surface area contributed by atoms with Crippen molar-refractivity contribution in [2.75, 3.05) is 13.7 Å². The van der Waals surface area contributed by atoms with Gasteiger partial charge < -0.3 is 10.1 Å². The molecule has 0 aliphatic heterocycles. The van der Waals surface area contributed by atoms with Crippen LogP contribution in [-0.4, -0.2) is 25.5 Å². The number of esters is 1. The van der Waals surface area contributed by atoms with E-state index in [4.69, 9.17) is 4.74 Å². The van der Waals surface area contributed by atoms with Gasteiger partial charge in [0.05, 0.1) is 13.0 Å². The number of hydrogen-bond donors (Lipinski definition) is 1. The van der Waals surface area contributed by atoms with Gasteiger partial charge in [0.15, 0.2) is 0 Å². The molecule has 0 bridgehead atoms. The van der Waals surface area contributed by atoms with E-state index in [-0.39, 0.29) is 23.7 Å². The van der Waals surface area contributed by atoms with Crippen LogP contribution in [0, 0.1) is 11.8 Å². The van der Waals surface area contributed by atoms with Crippen LogP contribution in [-0.2, 0) is 14.3 Å². The predicted molar refractivity (Wildman–Crippen MR) is 56.1 cm³/mol. The van der Waals surface area contributed by atoms with Crippen molar-refractivity contribution >= 4 is 11.9 Å². The molecule has 1 aliphatic carbocycles. The van der Waals surface area contributed by atoms with E-state index in [1.54, 1.807) is 0 Å². The Balaban J connectivity index is 2.35. The van der Waals surface area contributed by atoms with Crippen molar-refractivity contribution in [3.05, 3.63) is 0 Å². The summed E-state index contributed by atoms with van der Waals surface area (Å²) < 4.78 is 4.69. The Hall–Kier alpha value is -1.06. The average molecular weight is 213 g/mol. The summed E-state index contributed by atoms with van der Waals surface area (Å²) in [7, 11) is 1.41. The summed E-state index contributed by atoms with van der Waals surface area (Å²) in [4.78, 5) is 22.8. The van der Waals surface area contributed by atoms with Crippen molar-refractivity contribution in [2.45, 2.75) is 32.6 Å². The lowest BCUT2D eigenvalue weighted by molar-refractivity contribution is -0.147. The van der Waals surface area contributed by atoms with Gasteiger partial charge in [0.25, 0.3) is 0 Å². The maximum absolute atomic E-state index is 11.5. The van der Waals surface area contributed by atoms with E-state index in [1.807, 2.05) is 6.92 Å². The highest BCUT2D eigenvalue weighted by molar-refractivity contribution is 5.79. The molecule has 0 aromatic carbocycles. The fourth-order valence-corrected chi connectivity index (χ4v) is 2.08. The van der Waals surface area contributed by atoms with Gasteiger partial charge in [-0.2, -0.15) is 0 Å². The van der Waals surface area contributed by atoms with Crippen molar-refractivity contribution in [3.63, 3.8) is 0 Å². The molecule has 1 N–H and O–H groups in total. The van der Waals surface area contributed by atoms with Crippen molar-refractivity contribution in [3.8, 4) is 0 Å². The van der Waals surface area contributed by atoms with Crippen LogP contribution in [0.4, 0.5) is 0 Å². The quantitative estimate of drug-likeness (QED) is 0.714. The second-order valence-electron chi connectivity index (χ2n) is 3.97. The molecule has 4 heteroatoms. The van der Waals surface area contributed by atoms with Crippen LogP contribution in [0.1, 0.15) is 32.6 Å². The molecule has 0 atom stereocenters. The van der Waals surface area contributed by atoms with Gasteiger partial charge in [0, 0.05) is 12.5 Å². The molecule has 4 nitrogen and oxygen atoms in total.